The summed E-state index contributed by atoms with van der Waals surface area (Å²) in [6, 6.07) is 5.71. The Morgan fingerprint density at radius 2 is 2.19 bits per heavy atom. The van der Waals surface area contributed by atoms with Crippen molar-refractivity contribution in [1.82, 2.24) is 0 Å². The second-order valence-electron chi connectivity index (χ2n) is 4.86. The van der Waals surface area contributed by atoms with Gasteiger partial charge in [0.15, 0.2) is 0 Å². The molecule has 1 aromatic carbocycles. The van der Waals surface area contributed by atoms with Crippen molar-refractivity contribution < 1.29 is 4.39 Å². The molecule has 1 aromatic rings. The third-order valence-corrected chi connectivity index (χ3v) is 3.69. The fraction of sp³-hybridized carbons (Fsp3) is 0.571. The Kier molecular flexibility index (Phi) is 3.47. The van der Waals surface area contributed by atoms with Crippen molar-refractivity contribution in [2.24, 2.45) is 5.92 Å². The predicted octanol–water partition coefficient (Wildman–Crippen LogP) is 4.12. The van der Waals surface area contributed by atoms with Crippen LogP contribution in [0.5, 0.6) is 0 Å². The number of nitrogens with one attached hydrogen (secondary N) is 1. The largest absolute Gasteiger partial charge is 0.380 e. The zero-order chi connectivity index (χ0) is 11.5. The highest BCUT2D eigenvalue weighted by molar-refractivity contribution is 5.52. The van der Waals surface area contributed by atoms with Gasteiger partial charge in [0.1, 0.15) is 5.82 Å². The average Bonchev–Trinajstić information content (AvgIpc) is 2.71. The van der Waals surface area contributed by atoms with Crippen molar-refractivity contribution in [2.45, 2.75) is 45.6 Å². The van der Waals surface area contributed by atoms with E-state index in [4.69, 9.17) is 0 Å². The van der Waals surface area contributed by atoms with Gasteiger partial charge in [0, 0.05) is 6.04 Å². The van der Waals surface area contributed by atoms with Crippen LogP contribution in [0.15, 0.2) is 18.2 Å². The van der Waals surface area contributed by atoms with Crippen LogP contribution in [-0.4, -0.2) is 6.04 Å². The number of halogens is 1. The van der Waals surface area contributed by atoms with Crippen LogP contribution in [0, 0.1) is 18.7 Å². The van der Waals surface area contributed by atoms with Gasteiger partial charge >= 0.3 is 0 Å². The third-order valence-electron chi connectivity index (χ3n) is 3.69. The summed E-state index contributed by atoms with van der Waals surface area (Å²) in [6.07, 6.45) is 4.88. The summed E-state index contributed by atoms with van der Waals surface area (Å²) < 4.78 is 13.6. The van der Waals surface area contributed by atoms with Gasteiger partial charge in [0.2, 0.25) is 0 Å². The van der Waals surface area contributed by atoms with E-state index in [0.717, 1.165) is 11.5 Å². The highest BCUT2D eigenvalue weighted by atomic mass is 19.1. The van der Waals surface area contributed by atoms with Gasteiger partial charge in [0.25, 0.3) is 0 Å². The van der Waals surface area contributed by atoms with Crippen molar-refractivity contribution in [3.05, 3.63) is 29.6 Å². The van der Waals surface area contributed by atoms with Gasteiger partial charge < -0.3 is 5.32 Å². The molecule has 0 amide bonds. The first-order valence-electron chi connectivity index (χ1n) is 6.22. The summed E-state index contributed by atoms with van der Waals surface area (Å²) >= 11 is 0. The van der Waals surface area contributed by atoms with Gasteiger partial charge in [0.05, 0.1) is 5.69 Å². The van der Waals surface area contributed by atoms with Gasteiger partial charge in [-0.1, -0.05) is 25.5 Å². The molecule has 16 heavy (non-hydrogen) atoms. The van der Waals surface area contributed by atoms with Crippen molar-refractivity contribution in [2.75, 3.05) is 5.32 Å². The van der Waals surface area contributed by atoms with E-state index >= 15 is 0 Å². The molecule has 1 saturated carbocycles. The molecule has 2 unspecified atom stereocenters. The summed E-state index contributed by atoms with van der Waals surface area (Å²) in [4.78, 5) is 0. The van der Waals surface area contributed by atoms with E-state index < -0.39 is 0 Å². The Bertz CT molecular complexity index is 342. The maximum absolute atomic E-state index is 13.6. The van der Waals surface area contributed by atoms with E-state index in [2.05, 4.69) is 12.2 Å². The number of para-hydroxylation sites is 1. The van der Waals surface area contributed by atoms with Gasteiger partial charge in [-0.15, -0.1) is 0 Å². The van der Waals surface area contributed by atoms with Crippen LogP contribution < -0.4 is 5.32 Å². The topological polar surface area (TPSA) is 12.0 Å². The van der Waals surface area contributed by atoms with E-state index in [-0.39, 0.29) is 5.82 Å². The van der Waals surface area contributed by atoms with Crippen molar-refractivity contribution >= 4 is 5.69 Å². The zero-order valence-electron chi connectivity index (χ0n) is 10.1. The highest BCUT2D eigenvalue weighted by Crippen LogP contribution is 2.31. The molecule has 0 aliphatic heterocycles. The molecule has 1 aliphatic rings. The molecule has 0 radical (unpaired) electrons. The van der Waals surface area contributed by atoms with E-state index in [0.29, 0.717) is 11.7 Å². The monoisotopic (exact) mass is 221 g/mol. The zero-order valence-corrected chi connectivity index (χ0v) is 10.1. The van der Waals surface area contributed by atoms with E-state index in [9.17, 15) is 4.39 Å². The molecule has 2 heteroatoms. The second-order valence-corrected chi connectivity index (χ2v) is 4.86. The maximum atomic E-state index is 13.6. The smallest absolute Gasteiger partial charge is 0.146 e. The van der Waals surface area contributed by atoms with Crippen LogP contribution in [-0.2, 0) is 0 Å². The summed E-state index contributed by atoms with van der Waals surface area (Å²) in [6.45, 7) is 4.19. The Balaban J connectivity index is 2.04. The lowest BCUT2D eigenvalue weighted by Gasteiger charge is -2.17. The van der Waals surface area contributed by atoms with Crippen LogP contribution in [0.1, 0.15) is 38.2 Å². The standard InChI is InChI=1S/C14H20FN/c1-3-11-7-8-12(9-11)16-14-10(2)5-4-6-13(14)15/h4-6,11-12,16H,3,7-9H2,1-2H3. The van der Waals surface area contributed by atoms with Crippen LogP contribution in [0.25, 0.3) is 0 Å². The first-order valence-corrected chi connectivity index (χ1v) is 6.22. The molecule has 0 saturated heterocycles. The van der Waals surface area contributed by atoms with E-state index in [1.165, 1.54) is 31.7 Å². The van der Waals surface area contributed by atoms with Crippen LogP contribution in [0.2, 0.25) is 0 Å². The van der Waals surface area contributed by atoms with Gasteiger partial charge in [-0.3, -0.25) is 0 Å². The van der Waals surface area contributed by atoms with E-state index in [1.807, 2.05) is 13.0 Å². The van der Waals surface area contributed by atoms with Crippen molar-refractivity contribution in [1.29, 1.82) is 0 Å². The second kappa shape index (κ2) is 4.86. The lowest BCUT2D eigenvalue weighted by atomic mass is 10.1. The maximum Gasteiger partial charge on any atom is 0.146 e. The molecule has 1 fully saturated rings. The molecule has 0 bridgehead atoms. The van der Waals surface area contributed by atoms with E-state index in [1.54, 1.807) is 6.07 Å². The van der Waals surface area contributed by atoms with Crippen LogP contribution in [0.3, 0.4) is 0 Å². The van der Waals surface area contributed by atoms with Gasteiger partial charge in [-0.2, -0.15) is 0 Å². The minimum atomic E-state index is -0.125. The first kappa shape index (κ1) is 11.4. The summed E-state index contributed by atoms with van der Waals surface area (Å²) in [5.41, 5.74) is 1.70. The molecule has 0 heterocycles. The Hall–Kier alpha value is -1.05. The molecule has 2 atom stereocenters. The molecule has 2 rings (SSSR count). The molecule has 88 valence electrons. The SMILES string of the molecule is CCC1CCC(Nc2c(C)cccc2F)C1. The minimum absolute atomic E-state index is 0.125. The van der Waals surface area contributed by atoms with Crippen molar-refractivity contribution in [3.63, 3.8) is 0 Å². The minimum Gasteiger partial charge on any atom is -0.380 e. The molecular formula is C14H20FN. The van der Waals surface area contributed by atoms with Crippen LogP contribution >= 0.6 is 0 Å². The number of rotatable bonds is 3. The number of benzene rings is 1. The normalized spacial score (nSPS) is 24.7. The molecule has 1 nitrogen and oxygen atoms in total. The first-order chi connectivity index (χ1) is 7.70. The Labute approximate surface area is 97.1 Å². The fourth-order valence-corrected chi connectivity index (χ4v) is 2.60. The fourth-order valence-electron chi connectivity index (χ4n) is 2.60. The molecule has 0 spiro atoms. The summed E-state index contributed by atoms with van der Waals surface area (Å²) in [5.74, 6) is 0.699. The predicted molar refractivity (Wildman–Crippen MR) is 66.2 cm³/mol. The van der Waals surface area contributed by atoms with Crippen molar-refractivity contribution in [3.8, 4) is 0 Å². The van der Waals surface area contributed by atoms with Gasteiger partial charge in [-0.05, 0) is 43.7 Å². The number of anilines is 1. The van der Waals surface area contributed by atoms with Crippen LogP contribution in [0.4, 0.5) is 10.1 Å². The molecule has 1 aliphatic carbocycles. The molecule has 0 aromatic heterocycles. The van der Waals surface area contributed by atoms with Gasteiger partial charge in [-0.25, -0.2) is 4.39 Å². The number of hydrogen-bond acceptors (Lipinski definition) is 1. The third kappa shape index (κ3) is 2.37. The Morgan fingerprint density at radius 3 is 2.81 bits per heavy atom. The quantitative estimate of drug-likeness (QED) is 0.809. The highest BCUT2D eigenvalue weighted by Gasteiger charge is 2.24. The summed E-state index contributed by atoms with van der Waals surface area (Å²) in [7, 11) is 0. The number of aryl methyl sites for hydroxylation is 1. The molecular weight excluding hydrogens is 201 g/mol. The molecule has 1 N–H and O–H groups in total. The lowest BCUT2D eigenvalue weighted by molar-refractivity contribution is 0.524. The lowest BCUT2D eigenvalue weighted by Crippen LogP contribution is -2.17. The summed E-state index contributed by atoms with van der Waals surface area (Å²) in [5, 5.41) is 3.37. The Morgan fingerprint density at radius 1 is 1.38 bits per heavy atom. The number of hydrogen-bond donors (Lipinski definition) is 1. The average molecular weight is 221 g/mol.